The molecule has 0 amide bonds. The monoisotopic (exact) mass is 454 g/mol. The number of aromatic amines is 1. The van der Waals surface area contributed by atoms with Crippen molar-refractivity contribution in [1.29, 1.82) is 0 Å². The summed E-state index contributed by atoms with van der Waals surface area (Å²) in [4.78, 5) is 41.0. The minimum Gasteiger partial charge on any atom is -0.411 e. The second-order valence-electron chi connectivity index (χ2n) is 7.74. The Kier molecular flexibility index (Phi) is 5.74. The Bertz CT molecular complexity index is 1430. The van der Waals surface area contributed by atoms with Gasteiger partial charge in [0, 0.05) is 30.7 Å². The van der Waals surface area contributed by atoms with Crippen molar-refractivity contribution in [2.75, 3.05) is 11.5 Å². The highest BCUT2D eigenvalue weighted by atomic mass is 32.2. The first-order valence-corrected chi connectivity index (χ1v) is 10.9. The number of fused-ring (bicyclic) bond motifs is 1. The van der Waals surface area contributed by atoms with Crippen molar-refractivity contribution in [2.45, 2.75) is 25.6 Å². The summed E-state index contributed by atoms with van der Waals surface area (Å²) >= 11 is 1.00. The van der Waals surface area contributed by atoms with Gasteiger partial charge in [0.05, 0.1) is 11.3 Å². The highest BCUT2D eigenvalue weighted by Crippen LogP contribution is 2.29. The first-order valence-electron chi connectivity index (χ1n) is 9.93. The van der Waals surface area contributed by atoms with E-state index in [9.17, 15) is 14.4 Å². The molecular formula is C21H22N6O4S. The van der Waals surface area contributed by atoms with Crippen molar-refractivity contribution >= 4 is 34.3 Å². The van der Waals surface area contributed by atoms with Crippen molar-refractivity contribution in [1.82, 2.24) is 24.3 Å². The van der Waals surface area contributed by atoms with E-state index in [1.807, 2.05) is 38.1 Å². The third-order valence-electron chi connectivity index (χ3n) is 4.96. The number of benzene rings is 1. The van der Waals surface area contributed by atoms with E-state index in [4.69, 9.17) is 10.2 Å². The number of hydrogen-bond donors (Lipinski definition) is 2. The number of ketones is 1. The van der Waals surface area contributed by atoms with Crippen LogP contribution < -0.4 is 17.0 Å². The SMILES string of the molecule is CC(C)Cn1c(N)c(C(=O)CSc2nnc(-c3c[nH]c4ccccc34)o2)c(=O)n(C)c1=O. The number of aromatic nitrogens is 5. The molecule has 3 heterocycles. The fourth-order valence-corrected chi connectivity index (χ4v) is 4.05. The molecule has 4 rings (SSSR count). The maximum Gasteiger partial charge on any atom is 0.332 e. The summed E-state index contributed by atoms with van der Waals surface area (Å²) in [5.41, 5.74) is 6.27. The molecule has 0 saturated carbocycles. The van der Waals surface area contributed by atoms with Crippen LogP contribution in [0.25, 0.3) is 22.4 Å². The van der Waals surface area contributed by atoms with Crippen LogP contribution in [0.2, 0.25) is 0 Å². The largest absolute Gasteiger partial charge is 0.411 e. The zero-order chi connectivity index (χ0) is 23.0. The Labute approximate surface area is 186 Å². The van der Waals surface area contributed by atoms with E-state index in [-0.39, 0.29) is 28.3 Å². The molecule has 0 aliphatic rings. The predicted octanol–water partition coefficient (Wildman–Crippen LogP) is 2.29. The Morgan fingerprint density at radius 3 is 2.75 bits per heavy atom. The van der Waals surface area contributed by atoms with Crippen LogP contribution in [0.5, 0.6) is 0 Å². The standard InChI is InChI=1S/C21H22N6O4S/c1-11(2)9-27-17(22)16(19(29)26(3)21(27)30)15(28)10-32-20-25-24-18(31-20)13-8-23-14-7-5-4-6-12(13)14/h4-8,11,23H,9-10,22H2,1-3H3. The maximum absolute atomic E-state index is 12.8. The fraction of sp³-hybridized carbons (Fsp3) is 0.286. The van der Waals surface area contributed by atoms with Crippen LogP contribution in [-0.2, 0) is 13.6 Å². The number of hydrogen-bond acceptors (Lipinski definition) is 8. The normalized spacial score (nSPS) is 11.5. The number of para-hydroxylation sites is 1. The van der Waals surface area contributed by atoms with Gasteiger partial charge in [-0.2, -0.15) is 0 Å². The molecule has 0 unspecified atom stereocenters. The number of carbonyl (C=O) groups is 1. The van der Waals surface area contributed by atoms with Gasteiger partial charge < -0.3 is 15.1 Å². The van der Waals surface area contributed by atoms with Crippen LogP contribution >= 0.6 is 11.8 Å². The van der Waals surface area contributed by atoms with Gasteiger partial charge in [-0.1, -0.05) is 43.8 Å². The first-order chi connectivity index (χ1) is 15.3. The molecule has 1 aromatic carbocycles. The van der Waals surface area contributed by atoms with Gasteiger partial charge in [-0.25, -0.2) is 4.79 Å². The van der Waals surface area contributed by atoms with Gasteiger partial charge in [-0.05, 0) is 12.0 Å². The molecular weight excluding hydrogens is 432 g/mol. The molecule has 0 aliphatic carbocycles. The highest BCUT2D eigenvalue weighted by molar-refractivity contribution is 7.99. The summed E-state index contributed by atoms with van der Waals surface area (Å²) in [5.74, 6) is -0.362. The average Bonchev–Trinajstić information content (AvgIpc) is 3.40. The van der Waals surface area contributed by atoms with Gasteiger partial charge in [0.1, 0.15) is 11.4 Å². The number of nitrogens with zero attached hydrogens (tertiary/aromatic N) is 4. The second-order valence-corrected chi connectivity index (χ2v) is 8.67. The molecule has 0 aliphatic heterocycles. The number of carbonyl (C=O) groups excluding carboxylic acids is 1. The summed E-state index contributed by atoms with van der Waals surface area (Å²) in [6.45, 7) is 4.12. The minimum absolute atomic E-state index is 0.103. The molecule has 4 aromatic rings. The lowest BCUT2D eigenvalue weighted by molar-refractivity contribution is 0.102. The molecule has 0 fully saturated rings. The number of anilines is 1. The van der Waals surface area contributed by atoms with Crippen molar-refractivity contribution in [3.8, 4) is 11.5 Å². The van der Waals surface area contributed by atoms with Crippen LogP contribution in [0.1, 0.15) is 24.2 Å². The average molecular weight is 455 g/mol. The van der Waals surface area contributed by atoms with Crippen LogP contribution in [0, 0.1) is 5.92 Å². The van der Waals surface area contributed by atoms with Crippen LogP contribution in [0.4, 0.5) is 5.82 Å². The van der Waals surface area contributed by atoms with E-state index >= 15 is 0 Å². The molecule has 0 bridgehead atoms. The molecule has 3 aromatic heterocycles. The van der Waals surface area contributed by atoms with E-state index in [1.54, 1.807) is 6.20 Å². The highest BCUT2D eigenvalue weighted by Gasteiger charge is 2.23. The smallest absolute Gasteiger partial charge is 0.332 e. The first kappa shape index (κ1) is 21.6. The molecule has 166 valence electrons. The fourth-order valence-electron chi connectivity index (χ4n) is 3.41. The van der Waals surface area contributed by atoms with Crippen LogP contribution in [-0.4, -0.2) is 35.9 Å². The molecule has 10 nitrogen and oxygen atoms in total. The predicted molar refractivity (Wildman–Crippen MR) is 122 cm³/mol. The van der Waals surface area contributed by atoms with Crippen molar-refractivity contribution < 1.29 is 9.21 Å². The van der Waals surface area contributed by atoms with Gasteiger partial charge >= 0.3 is 5.69 Å². The molecule has 0 radical (unpaired) electrons. The van der Waals surface area contributed by atoms with E-state index < -0.39 is 17.0 Å². The summed E-state index contributed by atoms with van der Waals surface area (Å²) in [6, 6.07) is 7.71. The second kappa shape index (κ2) is 8.50. The van der Waals surface area contributed by atoms with Gasteiger partial charge in [0.2, 0.25) is 0 Å². The zero-order valence-corrected chi connectivity index (χ0v) is 18.6. The Balaban J connectivity index is 1.57. The number of nitrogens with two attached hydrogens (primary N) is 1. The molecule has 0 atom stereocenters. The number of thioether (sulfide) groups is 1. The minimum atomic E-state index is -0.719. The van der Waals surface area contributed by atoms with Crippen molar-refractivity contribution in [2.24, 2.45) is 13.0 Å². The summed E-state index contributed by atoms with van der Waals surface area (Å²) in [6.07, 6.45) is 1.78. The Morgan fingerprint density at radius 2 is 2.00 bits per heavy atom. The third kappa shape index (κ3) is 3.86. The summed E-state index contributed by atoms with van der Waals surface area (Å²) in [5, 5.41) is 9.17. The number of nitrogens with one attached hydrogen (secondary N) is 1. The Hall–Kier alpha value is -3.60. The number of nitrogen functional groups attached to an aromatic ring is 1. The van der Waals surface area contributed by atoms with E-state index in [0.717, 1.165) is 32.8 Å². The molecule has 0 spiro atoms. The van der Waals surface area contributed by atoms with Crippen LogP contribution in [0.15, 0.2) is 49.7 Å². The number of Topliss-reactive ketones (excluding diaryl/α,β-unsaturated/α-hetero) is 1. The van der Waals surface area contributed by atoms with Gasteiger partial charge in [-0.3, -0.25) is 18.7 Å². The lowest BCUT2D eigenvalue weighted by Crippen LogP contribution is -2.43. The number of rotatable bonds is 7. The Morgan fingerprint density at radius 1 is 1.25 bits per heavy atom. The van der Waals surface area contributed by atoms with E-state index in [2.05, 4.69) is 15.2 Å². The third-order valence-corrected chi connectivity index (χ3v) is 5.78. The lowest BCUT2D eigenvalue weighted by Gasteiger charge is -2.15. The van der Waals surface area contributed by atoms with Crippen LogP contribution in [0.3, 0.4) is 0 Å². The maximum atomic E-state index is 12.8. The van der Waals surface area contributed by atoms with Gasteiger partial charge in [-0.15, -0.1) is 10.2 Å². The quantitative estimate of drug-likeness (QED) is 0.320. The number of H-pyrrole nitrogens is 1. The van der Waals surface area contributed by atoms with Gasteiger partial charge in [0.25, 0.3) is 16.7 Å². The lowest BCUT2D eigenvalue weighted by atomic mass is 10.2. The van der Waals surface area contributed by atoms with E-state index in [1.165, 1.54) is 11.6 Å². The van der Waals surface area contributed by atoms with E-state index in [0.29, 0.717) is 12.4 Å². The van der Waals surface area contributed by atoms with Crippen molar-refractivity contribution in [3.05, 3.63) is 56.9 Å². The topological polar surface area (TPSA) is 142 Å². The van der Waals surface area contributed by atoms with Crippen molar-refractivity contribution in [3.63, 3.8) is 0 Å². The molecule has 32 heavy (non-hydrogen) atoms. The van der Waals surface area contributed by atoms with Gasteiger partial charge in [0.15, 0.2) is 5.78 Å². The zero-order valence-electron chi connectivity index (χ0n) is 17.8. The summed E-state index contributed by atoms with van der Waals surface area (Å²) in [7, 11) is 1.33. The summed E-state index contributed by atoms with van der Waals surface area (Å²) < 4.78 is 7.86. The molecule has 3 N–H and O–H groups in total. The molecule has 0 saturated heterocycles. The molecule has 11 heteroatoms.